The molecule has 2 aliphatic rings. The molecule has 1 aliphatic carbocycles. The molecule has 11 heteroatoms. The van der Waals surface area contributed by atoms with Gasteiger partial charge in [0, 0.05) is 23.7 Å². The Morgan fingerprint density at radius 1 is 1.14 bits per heavy atom. The lowest BCUT2D eigenvalue weighted by Gasteiger charge is -2.29. The number of nitrogens with two attached hydrogens (primary N) is 1. The van der Waals surface area contributed by atoms with E-state index in [2.05, 4.69) is 20.1 Å². The molecule has 176 valence electrons. The Labute approximate surface area is 198 Å². The minimum atomic E-state index is -0.603. The number of halogens is 1. The molecule has 0 atom stereocenters. The van der Waals surface area contributed by atoms with Crippen molar-refractivity contribution in [3.63, 3.8) is 0 Å². The van der Waals surface area contributed by atoms with Gasteiger partial charge in [-0.05, 0) is 36.5 Å². The quantitative estimate of drug-likeness (QED) is 0.455. The van der Waals surface area contributed by atoms with Crippen molar-refractivity contribution in [2.75, 3.05) is 11.5 Å². The first-order valence-corrected chi connectivity index (χ1v) is 11.2. The van der Waals surface area contributed by atoms with Gasteiger partial charge in [0.15, 0.2) is 18.1 Å². The van der Waals surface area contributed by atoms with Crippen molar-refractivity contribution in [2.45, 2.75) is 25.9 Å². The van der Waals surface area contributed by atoms with Crippen LogP contribution in [-0.4, -0.2) is 43.2 Å². The van der Waals surface area contributed by atoms with Crippen molar-refractivity contribution < 1.29 is 18.7 Å². The molecule has 1 fully saturated rings. The number of aromatic nitrogens is 5. The first-order chi connectivity index (χ1) is 17.0. The van der Waals surface area contributed by atoms with Crippen molar-refractivity contribution in [1.82, 2.24) is 24.7 Å². The minimum absolute atomic E-state index is 0.0643. The molecule has 0 radical (unpaired) electrons. The Hall–Kier alpha value is -4.41. The Morgan fingerprint density at radius 2 is 1.94 bits per heavy atom. The Morgan fingerprint density at radius 3 is 2.69 bits per heavy atom. The van der Waals surface area contributed by atoms with Gasteiger partial charge in [0.05, 0.1) is 36.4 Å². The third kappa shape index (κ3) is 3.84. The van der Waals surface area contributed by atoms with Crippen LogP contribution in [-0.2, 0) is 17.9 Å². The van der Waals surface area contributed by atoms with Crippen LogP contribution in [0.2, 0.25) is 0 Å². The zero-order valence-corrected chi connectivity index (χ0v) is 18.5. The number of carbonyl (C=O) groups is 2. The Balaban J connectivity index is 1.42. The second-order valence-electron chi connectivity index (χ2n) is 8.69. The summed E-state index contributed by atoms with van der Waals surface area (Å²) in [4.78, 5) is 38.7. The summed E-state index contributed by atoms with van der Waals surface area (Å²) in [7, 11) is 0. The minimum Gasteiger partial charge on any atom is -0.482 e. The van der Waals surface area contributed by atoms with Crippen LogP contribution in [0.3, 0.4) is 0 Å². The average Bonchev–Trinajstić information content (AvgIpc) is 3.59. The molecule has 3 aromatic heterocycles. The predicted octanol–water partition coefficient (Wildman–Crippen LogP) is 2.46. The number of amides is 2. The molecule has 35 heavy (non-hydrogen) atoms. The lowest BCUT2D eigenvalue weighted by molar-refractivity contribution is -0.121. The largest absolute Gasteiger partial charge is 0.482 e. The van der Waals surface area contributed by atoms with Crippen LogP contribution >= 0.6 is 0 Å². The second-order valence-corrected chi connectivity index (χ2v) is 8.69. The Kier molecular flexibility index (Phi) is 4.90. The number of hydrogen-bond acceptors (Lipinski definition) is 7. The highest BCUT2D eigenvalue weighted by atomic mass is 19.1. The zero-order chi connectivity index (χ0) is 24.1. The molecular weight excluding hydrogens is 453 g/mol. The van der Waals surface area contributed by atoms with Crippen molar-refractivity contribution in [1.29, 1.82) is 0 Å². The monoisotopic (exact) mass is 473 g/mol. The van der Waals surface area contributed by atoms with E-state index in [0.29, 0.717) is 45.3 Å². The summed E-state index contributed by atoms with van der Waals surface area (Å²) in [5.41, 5.74) is 8.45. The van der Waals surface area contributed by atoms with Crippen molar-refractivity contribution in [3.05, 3.63) is 60.2 Å². The van der Waals surface area contributed by atoms with Gasteiger partial charge in [0.1, 0.15) is 11.6 Å². The van der Waals surface area contributed by atoms with E-state index in [1.54, 1.807) is 24.4 Å². The highest BCUT2D eigenvalue weighted by molar-refractivity contribution is 6.08. The molecule has 2 N–H and O–H groups in total. The first kappa shape index (κ1) is 21.1. The van der Waals surface area contributed by atoms with Crippen LogP contribution in [0.1, 0.15) is 29.0 Å². The fourth-order valence-corrected chi connectivity index (χ4v) is 4.30. The number of pyridine rings is 1. The maximum absolute atomic E-state index is 13.2. The predicted molar refractivity (Wildman–Crippen MR) is 123 cm³/mol. The molecule has 10 nitrogen and oxygen atoms in total. The molecule has 0 unspecified atom stereocenters. The summed E-state index contributed by atoms with van der Waals surface area (Å²) in [5, 5.41) is 5.22. The number of primary amides is 1. The number of ether oxygens (including phenoxy) is 1. The van der Waals surface area contributed by atoms with Gasteiger partial charge in [-0.25, -0.2) is 24.0 Å². The highest BCUT2D eigenvalue weighted by Crippen LogP contribution is 2.40. The summed E-state index contributed by atoms with van der Waals surface area (Å²) in [6, 6.07) is 5.29. The van der Waals surface area contributed by atoms with Crippen LogP contribution < -0.4 is 15.4 Å². The molecule has 0 bridgehead atoms. The third-order valence-corrected chi connectivity index (χ3v) is 6.22. The molecular formula is C24H20FN7O3. The van der Waals surface area contributed by atoms with Gasteiger partial charge >= 0.3 is 0 Å². The summed E-state index contributed by atoms with van der Waals surface area (Å²) >= 11 is 0. The van der Waals surface area contributed by atoms with E-state index in [-0.39, 0.29) is 24.6 Å². The Bertz CT molecular complexity index is 1480. The zero-order valence-electron chi connectivity index (χ0n) is 18.5. The summed E-state index contributed by atoms with van der Waals surface area (Å²) in [6.45, 7) is 0.669. The molecule has 2 amide bonds. The number of carbonyl (C=O) groups excluding carboxylic acids is 2. The molecule has 4 aromatic rings. The van der Waals surface area contributed by atoms with E-state index in [9.17, 15) is 14.0 Å². The smallest absolute Gasteiger partial charge is 0.265 e. The molecule has 4 heterocycles. The second kappa shape index (κ2) is 8.12. The number of rotatable bonds is 6. The van der Waals surface area contributed by atoms with Gasteiger partial charge < -0.3 is 10.5 Å². The van der Waals surface area contributed by atoms with Crippen LogP contribution in [0.15, 0.2) is 43.0 Å². The fourth-order valence-electron chi connectivity index (χ4n) is 4.30. The normalized spacial score (nSPS) is 15.2. The maximum Gasteiger partial charge on any atom is 0.265 e. The van der Waals surface area contributed by atoms with E-state index < -0.39 is 11.7 Å². The standard InChI is InChI=1S/C24H20FN7O3/c25-15-6-27-20(28-7-15)11-31-18-4-3-14(5-19(18)35-12-21(31)33)22-16(23(26)34)8-29-24-17(22)9-30-32(24)10-13-1-2-13/h3-9,13H,1-2,10-12H2,(H2,26,34). The van der Waals surface area contributed by atoms with E-state index in [0.717, 1.165) is 18.9 Å². The molecule has 1 saturated carbocycles. The molecule has 1 aromatic carbocycles. The average molecular weight is 473 g/mol. The fraction of sp³-hybridized carbons (Fsp3) is 0.250. The maximum atomic E-state index is 13.2. The molecule has 6 rings (SSSR count). The molecule has 0 saturated heterocycles. The van der Waals surface area contributed by atoms with Gasteiger partial charge in [0.2, 0.25) is 0 Å². The summed E-state index contributed by atoms with van der Waals surface area (Å²) in [6.07, 6.45) is 7.64. The number of fused-ring (bicyclic) bond motifs is 2. The lowest BCUT2D eigenvalue weighted by Crippen LogP contribution is -2.38. The van der Waals surface area contributed by atoms with Gasteiger partial charge in [-0.15, -0.1) is 0 Å². The summed E-state index contributed by atoms with van der Waals surface area (Å²) in [5.74, 6) is -0.0788. The lowest BCUT2D eigenvalue weighted by atomic mass is 9.97. The van der Waals surface area contributed by atoms with E-state index >= 15 is 0 Å². The van der Waals surface area contributed by atoms with Crippen LogP contribution in [0.4, 0.5) is 10.1 Å². The number of anilines is 1. The van der Waals surface area contributed by atoms with E-state index in [1.165, 1.54) is 23.9 Å². The topological polar surface area (TPSA) is 129 Å². The van der Waals surface area contributed by atoms with Gasteiger partial charge in [-0.3, -0.25) is 14.5 Å². The molecule has 0 spiro atoms. The van der Waals surface area contributed by atoms with Crippen LogP contribution in [0.25, 0.3) is 22.2 Å². The highest BCUT2D eigenvalue weighted by Gasteiger charge is 2.28. The van der Waals surface area contributed by atoms with Gasteiger partial charge in [-0.2, -0.15) is 5.10 Å². The van der Waals surface area contributed by atoms with Gasteiger partial charge in [-0.1, -0.05) is 6.07 Å². The molecule has 1 aliphatic heterocycles. The SMILES string of the molecule is NC(=O)c1cnc2c(cnn2CC2CC2)c1-c1ccc2c(c1)OCC(=O)N2Cc1ncc(F)cn1. The van der Waals surface area contributed by atoms with Crippen molar-refractivity contribution >= 4 is 28.5 Å². The van der Waals surface area contributed by atoms with E-state index in [1.807, 2.05) is 4.68 Å². The van der Waals surface area contributed by atoms with Gasteiger partial charge in [0.25, 0.3) is 11.8 Å². The van der Waals surface area contributed by atoms with E-state index in [4.69, 9.17) is 10.5 Å². The third-order valence-electron chi connectivity index (χ3n) is 6.22. The van der Waals surface area contributed by atoms with Crippen LogP contribution in [0, 0.1) is 11.7 Å². The number of nitrogens with zero attached hydrogens (tertiary/aromatic N) is 6. The number of hydrogen-bond donors (Lipinski definition) is 1. The van der Waals surface area contributed by atoms with Crippen molar-refractivity contribution in [3.8, 4) is 16.9 Å². The van der Waals surface area contributed by atoms with Crippen LogP contribution in [0.5, 0.6) is 5.75 Å². The summed E-state index contributed by atoms with van der Waals surface area (Å²) < 4.78 is 20.8. The number of benzene rings is 1. The first-order valence-electron chi connectivity index (χ1n) is 11.2. The van der Waals surface area contributed by atoms with Crippen molar-refractivity contribution in [2.24, 2.45) is 11.7 Å².